The summed E-state index contributed by atoms with van der Waals surface area (Å²) < 4.78 is 0. The largest absolute Gasteiger partial charge is 0.0798 e. The second-order valence-electron chi connectivity index (χ2n) is 10.6. The van der Waals surface area contributed by atoms with Gasteiger partial charge >= 0.3 is 0 Å². The maximum absolute atomic E-state index is 2.54. The van der Waals surface area contributed by atoms with E-state index in [1.165, 1.54) is 91.0 Å². The molecular weight excluding hydrogens is 384 g/mol. The minimum Gasteiger partial charge on any atom is -0.0798 e. The maximum Gasteiger partial charge on any atom is -0.00673 e. The van der Waals surface area contributed by atoms with E-state index in [9.17, 15) is 0 Å². The molecule has 0 heterocycles. The van der Waals surface area contributed by atoms with Crippen LogP contribution in [0.2, 0.25) is 0 Å². The minimum atomic E-state index is 0.794. The van der Waals surface area contributed by atoms with Gasteiger partial charge in [0.1, 0.15) is 0 Å². The summed E-state index contributed by atoms with van der Waals surface area (Å²) in [7, 11) is 0. The van der Waals surface area contributed by atoms with Gasteiger partial charge in [-0.05, 0) is 100 Å². The number of benzene rings is 2. The SMILES string of the molecule is CC1=C(c2c3c(ccc2=C(C2CCCCC2)C2CCCCC2)=c2ccccc2=C3)CC=C1. The van der Waals surface area contributed by atoms with E-state index in [1.807, 2.05) is 5.57 Å². The van der Waals surface area contributed by atoms with Crippen molar-refractivity contribution < 1.29 is 0 Å². The van der Waals surface area contributed by atoms with Crippen LogP contribution in [-0.2, 0) is 0 Å². The van der Waals surface area contributed by atoms with Gasteiger partial charge in [-0.25, -0.2) is 0 Å². The molecule has 0 bridgehead atoms. The van der Waals surface area contributed by atoms with Gasteiger partial charge in [0.2, 0.25) is 0 Å². The summed E-state index contributed by atoms with van der Waals surface area (Å²) in [5.41, 5.74) is 7.96. The molecule has 4 aliphatic carbocycles. The highest BCUT2D eigenvalue weighted by molar-refractivity contribution is 5.83. The molecule has 4 aliphatic rings. The van der Waals surface area contributed by atoms with Crippen molar-refractivity contribution in [1.82, 2.24) is 0 Å². The van der Waals surface area contributed by atoms with Gasteiger partial charge in [-0.2, -0.15) is 0 Å². The van der Waals surface area contributed by atoms with Crippen molar-refractivity contribution >= 4 is 17.2 Å². The van der Waals surface area contributed by atoms with Crippen molar-refractivity contribution in [2.24, 2.45) is 11.8 Å². The average molecular weight is 421 g/mol. The van der Waals surface area contributed by atoms with Gasteiger partial charge in [0, 0.05) is 0 Å². The predicted octanol–water partition coefficient (Wildman–Crippen LogP) is 7.16. The second kappa shape index (κ2) is 8.54. The first-order valence-electron chi connectivity index (χ1n) is 13.2. The molecule has 0 amide bonds. The van der Waals surface area contributed by atoms with Crippen LogP contribution in [0.4, 0.5) is 0 Å². The number of fused-ring (bicyclic) bond motifs is 2. The van der Waals surface area contributed by atoms with Crippen LogP contribution in [0.5, 0.6) is 0 Å². The van der Waals surface area contributed by atoms with E-state index in [-0.39, 0.29) is 0 Å². The van der Waals surface area contributed by atoms with Crippen LogP contribution in [-0.4, -0.2) is 0 Å². The van der Waals surface area contributed by atoms with Crippen LogP contribution in [0.1, 0.15) is 88.7 Å². The highest BCUT2D eigenvalue weighted by atomic mass is 14.3. The van der Waals surface area contributed by atoms with Crippen LogP contribution in [0.3, 0.4) is 0 Å². The third kappa shape index (κ3) is 3.43. The summed E-state index contributed by atoms with van der Waals surface area (Å²) in [5, 5.41) is 5.86. The molecule has 0 unspecified atom stereocenters. The van der Waals surface area contributed by atoms with Gasteiger partial charge in [0.05, 0.1) is 0 Å². The zero-order chi connectivity index (χ0) is 21.5. The fourth-order valence-electron chi connectivity index (χ4n) is 7.11. The van der Waals surface area contributed by atoms with E-state index in [0.717, 1.165) is 18.3 Å². The zero-order valence-corrected chi connectivity index (χ0v) is 19.6. The summed E-state index contributed by atoms with van der Waals surface area (Å²) in [6.07, 6.45) is 22.5. The number of hydrogen-bond acceptors (Lipinski definition) is 0. The lowest BCUT2D eigenvalue weighted by Gasteiger charge is -2.33. The summed E-state index contributed by atoms with van der Waals surface area (Å²) in [4.78, 5) is 0. The lowest BCUT2D eigenvalue weighted by Crippen LogP contribution is -2.27. The van der Waals surface area contributed by atoms with E-state index in [2.05, 4.69) is 61.5 Å². The Morgan fingerprint density at radius 3 is 2.09 bits per heavy atom. The predicted molar refractivity (Wildman–Crippen MR) is 136 cm³/mol. The molecule has 2 aromatic carbocycles. The lowest BCUT2D eigenvalue weighted by atomic mass is 9.72. The van der Waals surface area contributed by atoms with E-state index >= 15 is 0 Å². The topological polar surface area (TPSA) is 0 Å². The Labute approximate surface area is 192 Å². The van der Waals surface area contributed by atoms with Crippen molar-refractivity contribution in [3.63, 3.8) is 0 Å². The smallest absolute Gasteiger partial charge is 0.00673 e. The number of rotatable bonds is 3. The molecule has 2 saturated carbocycles. The Morgan fingerprint density at radius 2 is 1.44 bits per heavy atom. The molecule has 0 spiro atoms. The van der Waals surface area contributed by atoms with Gasteiger partial charge in [0.25, 0.3) is 0 Å². The van der Waals surface area contributed by atoms with E-state index in [4.69, 9.17) is 0 Å². The van der Waals surface area contributed by atoms with Gasteiger partial charge in [0.15, 0.2) is 0 Å². The normalized spacial score (nSPS) is 20.9. The van der Waals surface area contributed by atoms with Gasteiger partial charge in [-0.15, -0.1) is 0 Å². The highest BCUT2D eigenvalue weighted by Crippen LogP contribution is 2.41. The molecule has 0 aliphatic heterocycles. The standard InChI is InChI=1S/C32H36/c1-22-11-10-18-26(22)32-29(20-19-28-27-17-9-8-16-25(27)21-30(28)32)31(23-12-4-2-5-13-23)24-14-6-3-7-15-24/h8-11,16-17,19-21,23-24H,2-7,12-15,18H2,1H3. The summed E-state index contributed by atoms with van der Waals surface area (Å²) >= 11 is 0. The first kappa shape index (κ1) is 20.3. The third-order valence-electron chi connectivity index (χ3n) is 8.66. The molecule has 0 radical (unpaired) electrons. The Morgan fingerprint density at radius 1 is 0.750 bits per heavy atom. The molecular formula is C32H36. The Bertz CT molecular complexity index is 1290. The van der Waals surface area contributed by atoms with Crippen LogP contribution >= 0.6 is 0 Å². The van der Waals surface area contributed by atoms with Gasteiger partial charge in [-0.1, -0.05) is 92.6 Å². The maximum atomic E-state index is 2.54. The number of hydrogen-bond donors (Lipinski definition) is 0. The van der Waals surface area contributed by atoms with Crippen molar-refractivity contribution in [2.75, 3.05) is 0 Å². The molecule has 2 aromatic rings. The first-order valence-corrected chi connectivity index (χ1v) is 13.2. The van der Waals surface area contributed by atoms with Crippen molar-refractivity contribution in [2.45, 2.75) is 77.6 Å². The van der Waals surface area contributed by atoms with Crippen LogP contribution in [0.15, 0.2) is 54.1 Å². The molecule has 0 heteroatoms. The van der Waals surface area contributed by atoms with Crippen molar-refractivity contribution in [3.8, 4) is 0 Å². The molecule has 164 valence electrons. The van der Waals surface area contributed by atoms with Crippen LogP contribution < -0.4 is 10.4 Å². The summed E-state index contributed by atoms with van der Waals surface area (Å²) in [6.45, 7) is 2.32. The zero-order valence-electron chi connectivity index (χ0n) is 19.6. The summed E-state index contributed by atoms with van der Waals surface area (Å²) in [6, 6.07) is 14.0. The Balaban J connectivity index is 1.69. The van der Waals surface area contributed by atoms with Crippen LogP contribution in [0.25, 0.3) is 17.2 Å². The minimum absolute atomic E-state index is 0.794. The van der Waals surface area contributed by atoms with Crippen LogP contribution in [0, 0.1) is 22.3 Å². The third-order valence-corrected chi connectivity index (χ3v) is 8.66. The van der Waals surface area contributed by atoms with E-state index in [0.29, 0.717) is 0 Å². The van der Waals surface area contributed by atoms with Crippen molar-refractivity contribution in [1.29, 1.82) is 0 Å². The second-order valence-corrected chi connectivity index (χ2v) is 10.6. The average Bonchev–Trinajstić information content (AvgIpc) is 3.44. The highest BCUT2D eigenvalue weighted by Gasteiger charge is 2.28. The monoisotopic (exact) mass is 420 g/mol. The Kier molecular flexibility index (Phi) is 5.41. The molecule has 2 fully saturated rings. The molecule has 0 saturated heterocycles. The summed E-state index contributed by atoms with van der Waals surface area (Å²) in [5.74, 6) is 1.59. The molecule has 0 atom stereocenters. The lowest BCUT2D eigenvalue weighted by molar-refractivity contribution is 0.366. The van der Waals surface area contributed by atoms with E-state index < -0.39 is 0 Å². The molecule has 0 nitrogen and oxygen atoms in total. The van der Waals surface area contributed by atoms with E-state index in [1.54, 1.807) is 16.4 Å². The number of allylic oxidation sites excluding steroid dienone is 4. The van der Waals surface area contributed by atoms with Gasteiger partial charge in [-0.3, -0.25) is 0 Å². The van der Waals surface area contributed by atoms with Crippen molar-refractivity contribution in [3.05, 3.63) is 86.1 Å². The first-order chi connectivity index (χ1) is 15.8. The fourth-order valence-corrected chi connectivity index (χ4v) is 7.11. The molecule has 0 N–H and O–H groups in total. The molecule has 6 rings (SSSR count). The Hall–Kier alpha value is -2.34. The molecule has 32 heavy (non-hydrogen) atoms. The quantitative estimate of drug-likeness (QED) is 0.422. The van der Waals surface area contributed by atoms with Gasteiger partial charge < -0.3 is 0 Å². The fraction of sp³-hybridized carbons (Fsp3) is 0.438. The molecule has 0 aromatic heterocycles.